The van der Waals surface area contributed by atoms with Gasteiger partial charge in [-0.15, -0.1) is 0 Å². The van der Waals surface area contributed by atoms with E-state index in [9.17, 15) is 4.39 Å². The summed E-state index contributed by atoms with van der Waals surface area (Å²) in [6.45, 7) is 18.5. The van der Waals surface area contributed by atoms with E-state index >= 15 is 0 Å². The van der Waals surface area contributed by atoms with Crippen molar-refractivity contribution in [2.45, 2.75) is 54.9 Å². The molecule has 0 atom stereocenters. The van der Waals surface area contributed by atoms with Gasteiger partial charge in [0.1, 0.15) is 5.82 Å². The van der Waals surface area contributed by atoms with Crippen LogP contribution in [-0.2, 0) is 0 Å². The van der Waals surface area contributed by atoms with Crippen LogP contribution in [0.25, 0.3) is 11.1 Å². The fraction of sp³-hybridized carbons (Fsp3) is 0.346. The Bertz CT molecular complexity index is 753. The summed E-state index contributed by atoms with van der Waals surface area (Å²) in [5.41, 5.74) is 4.74. The molecule has 1 aromatic carbocycles. The molecule has 0 radical (unpaired) electrons. The monoisotopic (exact) mass is 381 g/mol. The summed E-state index contributed by atoms with van der Waals surface area (Å²) in [7, 11) is 0. The number of benzene rings is 1. The lowest BCUT2D eigenvalue weighted by Gasteiger charge is -2.06. The van der Waals surface area contributed by atoms with Gasteiger partial charge in [0.05, 0.1) is 5.69 Å². The Hall–Kier alpha value is -2.48. The number of nitrogens with zero attached hydrogens (tertiary/aromatic N) is 1. The zero-order chi connectivity index (χ0) is 21.5. The molecule has 0 spiro atoms. The number of hydrogen-bond acceptors (Lipinski definition) is 1. The molecule has 1 aromatic heterocycles. The zero-order valence-corrected chi connectivity index (χ0v) is 18.6. The third kappa shape index (κ3) is 10.6. The maximum atomic E-state index is 13.4. The Kier molecular flexibility index (Phi) is 13.3. The van der Waals surface area contributed by atoms with Crippen LogP contribution in [0.3, 0.4) is 0 Å². The second-order valence-electron chi connectivity index (χ2n) is 7.29. The first-order valence-corrected chi connectivity index (χ1v) is 9.95. The highest BCUT2D eigenvalue weighted by Crippen LogP contribution is 2.22. The van der Waals surface area contributed by atoms with Gasteiger partial charge >= 0.3 is 0 Å². The molecule has 0 aliphatic carbocycles. The number of rotatable bonds is 4. The van der Waals surface area contributed by atoms with E-state index in [2.05, 4.69) is 46.2 Å². The van der Waals surface area contributed by atoms with Crippen LogP contribution in [0.5, 0.6) is 0 Å². The van der Waals surface area contributed by atoms with Crippen molar-refractivity contribution in [2.75, 3.05) is 0 Å². The van der Waals surface area contributed by atoms with Crippen molar-refractivity contribution in [3.8, 4) is 0 Å². The van der Waals surface area contributed by atoms with Crippen LogP contribution >= 0.6 is 0 Å². The summed E-state index contributed by atoms with van der Waals surface area (Å²) in [5, 5.41) is 0. The minimum Gasteiger partial charge on any atom is -0.257 e. The van der Waals surface area contributed by atoms with Gasteiger partial charge in [0.15, 0.2) is 0 Å². The molecule has 0 saturated heterocycles. The maximum Gasteiger partial charge on any atom is 0.123 e. The van der Waals surface area contributed by atoms with Gasteiger partial charge in [-0.3, -0.25) is 4.98 Å². The first-order chi connectivity index (χ1) is 13.3. The SMILES string of the molecule is C=C/C(=C\C=C(/C)c1ccccn1)c1cc(F)ccc1C.CC(C)C.CCC. The second kappa shape index (κ2) is 14.6. The Morgan fingerprint density at radius 2 is 1.71 bits per heavy atom. The van der Waals surface area contributed by atoms with Gasteiger partial charge in [-0.1, -0.05) is 78.0 Å². The molecule has 0 N–H and O–H groups in total. The molecule has 1 heterocycles. The zero-order valence-electron chi connectivity index (χ0n) is 18.6. The molecule has 0 aliphatic heterocycles. The standard InChI is InChI=1S/C19H18FN.C4H10.C3H8/c1-4-16(18-13-17(20)11-9-14(18)2)10-8-15(3)19-7-5-6-12-21-19;1-4(2)3;1-3-2/h4-13H,1H2,2-3H3;4H,1-3H3;3H2,1-2H3/b15-8+,16-10+;;. The average Bonchev–Trinajstić information content (AvgIpc) is 2.65. The van der Waals surface area contributed by atoms with Crippen molar-refractivity contribution in [3.05, 3.63) is 90.0 Å². The first kappa shape index (κ1) is 25.5. The topological polar surface area (TPSA) is 12.9 Å². The van der Waals surface area contributed by atoms with Gasteiger partial charge in [0.25, 0.3) is 0 Å². The Balaban J connectivity index is 0.000000904. The summed E-state index contributed by atoms with van der Waals surface area (Å²) in [6.07, 6.45) is 8.67. The van der Waals surface area contributed by atoms with E-state index in [1.165, 1.54) is 18.6 Å². The first-order valence-electron chi connectivity index (χ1n) is 9.95. The van der Waals surface area contributed by atoms with E-state index in [4.69, 9.17) is 0 Å². The van der Waals surface area contributed by atoms with Crippen LogP contribution in [0, 0.1) is 18.7 Å². The van der Waals surface area contributed by atoms with E-state index in [-0.39, 0.29) is 5.82 Å². The molecular weight excluding hydrogens is 345 g/mol. The fourth-order valence-electron chi connectivity index (χ4n) is 2.07. The second-order valence-corrected chi connectivity index (χ2v) is 7.29. The molecule has 0 amide bonds. The van der Waals surface area contributed by atoms with Crippen molar-refractivity contribution in [1.29, 1.82) is 0 Å². The van der Waals surface area contributed by atoms with Crippen LogP contribution < -0.4 is 0 Å². The van der Waals surface area contributed by atoms with Gasteiger partial charge < -0.3 is 0 Å². The quantitative estimate of drug-likeness (QED) is 0.485. The number of aryl methyl sites for hydroxylation is 1. The number of allylic oxidation sites excluding steroid dienone is 5. The number of aromatic nitrogens is 1. The summed E-state index contributed by atoms with van der Waals surface area (Å²) in [4.78, 5) is 4.30. The predicted octanol–water partition coefficient (Wildman–Crippen LogP) is 8.28. The smallest absolute Gasteiger partial charge is 0.123 e. The molecule has 2 aromatic rings. The van der Waals surface area contributed by atoms with E-state index < -0.39 is 0 Å². The fourth-order valence-corrected chi connectivity index (χ4v) is 2.07. The summed E-state index contributed by atoms with van der Waals surface area (Å²) in [6, 6.07) is 10.6. The lowest BCUT2D eigenvalue weighted by molar-refractivity contribution is 0.627. The Labute approximate surface area is 171 Å². The summed E-state index contributed by atoms with van der Waals surface area (Å²) < 4.78 is 13.4. The Morgan fingerprint density at radius 1 is 1.11 bits per heavy atom. The van der Waals surface area contributed by atoms with Crippen molar-refractivity contribution in [1.82, 2.24) is 4.98 Å². The van der Waals surface area contributed by atoms with E-state index in [0.717, 1.165) is 33.9 Å². The molecule has 28 heavy (non-hydrogen) atoms. The molecule has 1 nitrogen and oxygen atoms in total. The number of halogens is 1. The van der Waals surface area contributed by atoms with Gasteiger partial charge in [-0.25, -0.2) is 4.39 Å². The van der Waals surface area contributed by atoms with E-state index in [0.29, 0.717) is 0 Å². The third-order valence-corrected chi connectivity index (χ3v) is 3.31. The Morgan fingerprint density at radius 3 is 2.21 bits per heavy atom. The molecule has 152 valence electrons. The van der Waals surface area contributed by atoms with Crippen LogP contribution in [0.15, 0.2) is 67.4 Å². The summed E-state index contributed by atoms with van der Waals surface area (Å²) >= 11 is 0. The molecule has 0 saturated carbocycles. The van der Waals surface area contributed by atoms with Crippen molar-refractivity contribution in [3.63, 3.8) is 0 Å². The highest BCUT2D eigenvalue weighted by Gasteiger charge is 2.03. The van der Waals surface area contributed by atoms with Gasteiger partial charge in [-0.05, 0) is 66.3 Å². The predicted molar refractivity (Wildman–Crippen MR) is 124 cm³/mol. The molecule has 0 aliphatic rings. The minimum absolute atomic E-state index is 0.242. The van der Waals surface area contributed by atoms with Crippen molar-refractivity contribution in [2.24, 2.45) is 5.92 Å². The van der Waals surface area contributed by atoms with Gasteiger partial charge in [-0.2, -0.15) is 0 Å². The lowest BCUT2D eigenvalue weighted by atomic mass is 9.99. The highest BCUT2D eigenvalue weighted by atomic mass is 19.1. The average molecular weight is 382 g/mol. The van der Waals surface area contributed by atoms with E-state index in [1.807, 2.05) is 44.2 Å². The molecule has 2 rings (SSSR count). The van der Waals surface area contributed by atoms with Crippen LogP contribution in [0.1, 0.15) is 64.8 Å². The molecule has 0 unspecified atom stereocenters. The third-order valence-electron chi connectivity index (χ3n) is 3.31. The molecule has 0 fully saturated rings. The van der Waals surface area contributed by atoms with Crippen LogP contribution in [-0.4, -0.2) is 4.98 Å². The maximum absolute atomic E-state index is 13.4. The van der Waals surface area contributed by atoms with Gasteiger partial charge in [0, 0.05) is 6.20 Å². The van der Waals surface area contributed by atoms with Crippen LogP contribution in [0.2, 0.25) is 0 Å². The molecular formula is C26H36FN. The number of pyridine rings is 1. The lowest BCUT2D eigenvalue weighted by Crippen LogP contribution is -1.89. The van der Waals surface area contributed by atoms with Gasteiger partial charge in [0.2, 0.25) is 0 Å². The molecule has 2 heteroatoms. The number of hydrogen-bond donors (Lipinski definition) is 0. The van der Waals surface area contributed by atoms with Crippen molar-refractivity contribution >= 4 is 11.1 Å². The molecule has 0 bridgehead atoms. The van der Waals surface area contributed by atoms with Crippen LogP contribution in [0.4, 0.5) is 4.39 Å². The van der Waals surface area contributed by atoms with E-state index in [1.54, 1.807) is 18.3 Å². The largest absolute Gasteiger partial charge is 0.257 e. The highest BCUT2D eigenvalue weighted by molar-refractivity contribution is 5.78. The normalized spacial score (nSPS) is 11.2. The summed E-state index contributed by atoms with van der Waals surface area (Å²) in [5.74, 6) is 0.591. The van der Waals surface area contributed by atoms with Crippen molar-refractivity contribution < 1.29 is 4.39 Å². The minimum atomic E-state index is -0.242.